The van der Waals surface area contributed by atoms with Gasteiger partial charge < -0.3 is 10.2 Å². The molecule has 0 bridgehead atoms. The SMILES string of the molecule is O=C(Nc1cc(F)ccc1N1CCCCC1)c1ccc(-n2cccn2)cc1. The van der Waals surface area contributed by atoms with E-state index in [1.807, 2.05) is 24.4 Å². The molecular weight excluding hydrogens is 343 g/mol. The summed E-state index contributed by atoms with van der Waals surface area (Å²) in [6.45, 7) is 1.85. The van der Waals surface area contributed by atoms with Gasteiger partial charge in [-0.15, -0.1) is 0 Å². The number of aromatic nitrogens is 2. The third kappa shape index (κ3) is 3.84. The van der Waals surface area contributed by atoms with E-state index >= 15 is 0 Å². The van der Waals surface area contributed by atoms with Crippen molar-refractivity contribution in [2.24, 2.45) is 0 Å². The molecule has 0 aliphatic carbocycles. The minimum absolute atomic E-state index is 0.258. The molecule has 3 aromatic rings. The molecule has 138 valence electrons. The zero-order valence-electron chi connectivity index (χ0n) is 14.9. The van der Waals surface area contributed by atoms with Crippen molar-refractivity contribution in [3.05, 3.63) is 72.3 Å². The lowest BCUT2D eigenvalue weighted by molar-refractivity contribution is 0.102. The maximum atomic E-state index is 13.8. The van der Waals surface area contributed by atoms with Gasteiger partial charge in [-0.2, -0.15) is 5.10 Å². The number of halogens is 1. The molecule has 1 saturated heterocycles. The molecule has 0 spiro atoms. The van der Waals surface area contributed by atoms with Crippen LogP contribution in [0, 0.1) is 5.82 Å². The van der Waals surface area contributed by atoms with Crippen LogP contribution in [-0.2, 0) is 0 Å². The number of amides is 1. The van der Waals surface area contributed by atoms with E-state index in [9.17, 15) is 9.18 Å². The van der Waals surface area contributed by atoms with E-state index in [0.29, 0.717) is 11.3 Å². The Morgan fingerprint density at radius 1 is 1.04 bits per heavy atom. The Kier molecular flexibility index (Phi) is 4.87. The van der Waals surface area contributed by atoms with Gasteiger partial charge >= 0.3 is 0 Å². The summed E-state index contributed by atoms with van der Waals surface area (Å²) in [5.74, 6) is -0.619. The first-order valence-corrected chi connectivity index (χ1v) is 9.17. The van der Waals surface area contributed by atoms with Gasteiger partial charge in [-0.3, -0.25) is 4.79 Å². The van der Waals surface area contributed by atoms with Crippen molar-refractivity contribution >= 4 is 17.3 Å². The third-order valence-electron chi connectivity index (χ3n) is 4.80. The van der Waals surface area contributed by atoms with Crippen molar-refractivity contribution in [3.63, 3.8) is 0 Å². The zero-order valence-corrected chi connectivity index (χ0v) is 14.9. The van der Waals surface area contributed by atoms with Gasteiger partial charge in [0.2, 0.25) is 0 Å². The van der Waals surface area contributed by atoms with E-state index in [4.69, 9.17) is 0 Å². The summed E-state index contributed by atoms with van der Waals surface area (Å²) in [6.07, 6.45) is 6.97. The second-order valence-electron chi connectivity index (χ2n) is 6.66. The van der Waals surface area contributed by atoms with Crippen LogP contribution in [-0.4, -0.2) is 28.8 Å². The third-order valence-corrected chi connectivity index (χ3v) is 4.80. The van der Waals surface area contributed by atoms with E-state index in [-0.39, 0.29) is 11.7 Å². The summed E-state index contributed by atoms with van der Waals surface area (Å²) in [5.41, 5.74) is 2.77. The number of benzene rings is 2. The summed E-state index contributed by atoms with van der Waals surface area (Å²) in [6, 6.07) is 13.6. The van der Waals surface area contributed by atoms with E-state index in [0.717, 1.165) is 37.3 Å². The van der Waals surface area contributed by atoms with Gasteiger partial charge in [0.1, 0.15) is 5.82 Å². The second kappa shape index (κ2) is 7.61. The Labute approximate surface area is 157 Å². The topological polar surface area (TPSA) is 50.2 Å². The number of anilines is 2. The number of rotatable bonds is 4. The van der Waals surface area contributed by atoms with Crippen molar-refractivity contribution in [2.75, 3.05) is 23.3 Å². The Hall–Kier alpha value is -3.15. The van der Waals surface area contributed by atoms with Gasteiger partial charge in [-0.1, -0.05) is 0 Å². The second-order valence-corrected chi connectivity index (χ2v) is 6.66. The molecule has 2 aromatic carbocycles. The van der Waals surface area contributed by atoms with Gasteiger partial charge in [-0.25, -0.2) is 9.07 Å². The standard InChI is InChI=1S/C21H21FN4O/c22-17-7-10-20(25-12-2-1-3-13-25)19(15-17)24-21(27)16-5-8-18(9-6-16)26-14-4-11-23-26/h4-11,14-15H,1-3,12-13H2,(H,24,27). The molecule has 5 nitrogen and oxygen atoms in total. The summed E-state index contributed by atoms with van der Waals surface area (Å²) < 4.78 is 15.5. The molecule has 1 fully saturated rings. The minimum atomic E-state index is -0.361. The highest BCUT2D eigenvalue weighted by Gasteiger charge is 2.17. The highest BCUT2D eigenvalue weighted by Crippen LogP contribution is 2.29. The molecule has 1 amide bonds. The lowest BCUT2D eigenvalue weighted by Gasteiger charge is -2.30. The van der Waals surface area contributed by atoms with Crippen LogP contribution in [0.1, 0.15) is 29.6 Å². The zero-order chi connectivity index (χ0) is 18.6. The van der Waals surface area contributed by atoms with E-state index < -0.39 is 0 Å². The molecule has 0 atom stereocenters. The van der Waals surface area contributed by atoms with Gasteiger partial charge in [-0.05, 0) is 67.8 Å². The van der Waals surface area contributed by atoms with E-state index in [2.05, 4.69) is 15.3 Å². The molecule has 1 aromatic heterocycles. The number of carbonyl (C=O) groups is 1. The van der Waals surface area contributed by atoms with Gasteiger partial charge in [0.05, 0.1) is 17.1 Å². The van der Waals surface area contributed by atoms with Crippen molar-refractivity contribution < 1.29 is 9.18 Å². The molecular formula is C21H21FN4O. The van der Waals surface area contributed by atoms with Gasteiger partial charge in [0.15, 0.2) is 0 Å². The fraction of sp³-hybridized carbons (Fsp3) is 0.238. The average molecular weight is 364 g/mol. The van der Waals surface area contributed by atoms with Crippen molar-refractivity contribution in [2.45, 2.75) is 19.3 Å². The number of nitrogens with zero attached hydrogens (tertiary/aromatic N) is 3. The van der Waals surface area contributed by atoms with E-state index in [1.165, 1.54) is 18.6 Å². The molecule has 0 unspecified atom stereocenters. The van der Waals surface area contributed by atoms with Gasteiger partial charge in [0.25, 0.3) is 5.91 Å². The fourth-order valence-electron chi connectivity index (χ4n) is 3.40. The van der Waals surface area contributed by atoms with E-state index in [1.54, 1.807) is 29.1 Å². The van der Waals surface area contributed by atoms with Crippen LogP contribution < -0.4 is 10.2 Å². The molecule has 27 heavy (non-hydrogen) atoms. The average Bonchev–Trinajstić information content (AvgIpc) is 3.24. The maximum Gasteiger partial charge on any atom is 0.255 e. The summed E-state index contributed by atoms with van der Waals surface area (Å²) in [4.78, 5) is 14.9. The number of nitrogens with one attached hydrogen (secondary N) is 1. The molecule has 6 heteroatoms. The van der Waals surface area contributed by atoms with Crippen LogP contribution in [0.15, 0.2) is 60.9 Å². The normalized spacial score (nSPS) is 14.2. The molecule has 1 N–H and O–H groups in total. The monoisotopic (exact) mass is 364 g/mol. The van der Waals surface area contributed by atoms with Crippen LogP contribution in [0.4, 0.5) is 15.8 Å². The lowest BCUT2D eigenvalue weighted by Crippen LogP contribution is -2.30. The first-order chi connectivity index (χ1) is 13.2. The van der Waals surface area contributed by atoms with Crippen LogP contribution in [0.5, 0.6) is 0 Å². The first kappa shape index (κ1) is 17.3. The highest BCUT2D eigenvalue weighted by atomic mass is 19.1. The van der Waals surface area contributed by atoms with Crippen LogP contribution >= 0.6 is 0 Å². The van der Waals surface area contributed by atoms with Crippen LogP contribution in [0.2, 0.25) is 0 Å². The quantitative estimate of drug-likeness (QED) is 0.753. The lowest BCUT2D eigenvalue weighted by atomic mass is 10.1. The summed E-state index contributed by atoms with van der Waals surface area (Å²) in [5, 5.41) is 7.05. The Bertz CT molecular complexity index is 916. The van der Waals surface area contributed by atoms with Crippen molar-refractivity contribution in [1.82, 2.24) is 9.78 Å². The van der Waals surface area contributed by atoms with Gasteiger partial charge in [0, 0.05) is 31.0 Å². The Balaban J connectivity index is 1.54. The molecule has 2 heterocycles. The summed E-state index contributed by atoms with van der Waals surface area (Å²) >= 11 is 0. The minimum Gasteiger partial charge on any atom is -0.370 e. The number of hydrogen-bond donors (Lipinski definition) is 1. The molecule has 0 radical (unpaired) electrons. The van der Waals surface area contributed by atoms with Crippen molar-refractivity contribution in [1.29, 1.82) is 0 Å². The highest BCUT2D eigenvalue weighted by molar-refractivity contribution is 6.06. The van der Waals surface area contributed by atoms with Crippen LogP contribution in [0.25, 0.3) is 5.69 Å². The first-order valence-electron chi connectivity index (χ1n) is 9.17. The number of piperidine rings is 1. The number of hydrogen-bond acceptors (Lipinski definition) is 3. The van der Waals surface area contributed by atoms with Crippen molar-refractivity contribution in [3.8, 4) is 5.69 Å². The Morgan fingerprint density at radius 2 is 1.81 bits per heavy atom. The molecule has 1 aliphatic heterocycles. The smallest absolute Gasteiger partial charge is 0.255 e. The van der Waals surface area contributed by atoms with Crippen LogP contribution in [0.3, 0.4) is 0 Å². The Morgan fingerprint density at radius 3 is 2.52 bits per heavy atom. The summed E-state index contributed by atoms with van der Waals surface area (Å²) in [7, 11) is 0. The maximum absolute atomic E-state index is 13.8. The predicted molar refractivity (Wildman–Crippen MR) is 104 cm³/mol. The molecule has 0 saturated carbocycles. The molecule has 4 rings (SSSR count). The predicted octanol–water partition coefficient (Wildman–Crippen LogP) is 4.25. The fourth-order valence-corrected chi connectivity index (χ4v) is 3.40. The largest absolute Gasteiger partial charge is 0.370 e. The molecule has 1 aliphatic rings. The number of carbonyl (C=O) groups excluding carboxylic acids is 1.